The van der Waals surface area contributed by atoms with Crippen LogP contribution in [0.1, 0.15) is 0 Å². The van der Waals surface area contributed by atoms with Crippen molar-refractivity contribution in [2.45, 2.75) is 24.5 Å². The molecule has 0 amide bonds. The molecule has 108 valence electrons. The van der Waals surface area contributed by atoms with Crippen molar-refractivity contribution in [3.63, 3.8) is 0 Å². The maximum atomic E-state index is 9.94. The number of aliphatic hydroxyl groups is 3. The Morgan fingerprint density at radius 2 is 2.21 bits per heavy atom. The van der Waals surface area contributed by atoms with Crippen LogP contribution in [0, 0.1) is 0 Å². The Bertz CT molecular complexity index is 395. The zero-order valence-electron chi connectivity index (χ0n) is 10.3. The topological polar surface area (TPSA) is 127 Å². The number of ether oxygens (including phenoxy) is 1. The standard InChI is InChI=1S/C9H17N5O4S/c1-13-3-14(9(19)11-8(13)12-10)7-6(17)5(16)4(2-15)18-7/h4-7,15-17H,2-3,10H2,1H3,(H,11,12,19)/t4-,5?,6?,7-/m1/s1. The largest absolute Gasteiger partial charge is 0.394 e. The van der Waals surface area contributed by atoms with Crippen molar-refractivity contribution in [2.24, 2.45) is 10.8 Å². The summed E-state index contributed by atoms with van der Waals surface area (Å²) in [6.45, 7) is -0.0987. The summed E-state index contributed by atoms with van der Waals surface area (Å²) >= 11 is 5.11. The Balaban J connectivity index is 2.15. The van der Waals surface area contributed by atoms with Crippen LogP contribution in [-0.2, 0) is 4.74 Å². The summed E-state index contributed by atoms with van der Waals surface area (Å²) in [7, 11) is 1.73. The molecule has 0 aromatic rings. The summed E-state index contributed by atoms with van der Waals surface area (Å²) < 4.78 is 5.40. The van der Waals surface area contributed by atoms with E-state index in [-0.39, 0.29) is 18.4 Å². The average molecular weight is 291 g/mol. The van der Waals surface area contributed by atoms with E-state index < -0.39 is 24.5 Å². The normalized spacial score (nSPS) is 35.6. The van der Waals surface area contributed by atoms with Gasteiger partial charge in [0.25, 0.3) is 0 Å². The first kappa shape index (κ1) is 14.4. The molecule has 4 atom stereocenters. The van der Waals surface area contributed by atoms with Gasteiger partial charge in [-0.25, -0.2) is 5.84 Å². The van der Waals surface area contributed by atoms with E-state index in [0.717, 1.165) is 0 Å². The molecule has 10 heteroatoms. The molecule has 1 fully saturated rings. The van der Waals surface area contributed by atoms with E-state index in [1.165, 1.54) is 4.90 Å². The van der Waals surface area contributed by atoms with Gasteiger partial charge >= 0.3 is 0 Å². The summed E-state index contributed by atoms with van der Waals surface area (Å²) in [4.78, 5) is 7.23. The minimum Gasteiger partial charge on any atom is -0.394 e. The van der Waals surface area contributed by atoms with E-state index in [9.17, 15) is 10.2 Å². The fraction of sp³-hybridized carbons (Fsp3) is 0.778. The van der Waals surface area contributed by atoms with Crippen LogP contribution >= 0.6 is 12.2 Å². The molecule has 1 saturated heterocycles. The predicted molar refractivity (Wildman–Crippen MR) is 69.6 cm³/mol. The van der Waals surface area contributed by atoms with Crippen LogP contribution in [0.25, 0.3) is 0 Å². The molecule has 9 nitrogen and oxygen atoms in total. The highest BCUT2D eigenvalue weighted by molar-refractivity contribution is 7.80. The summed E-state index contributed by atoms with van der Waals surface area (Å²) in [5.41, 5.74) is 2.40. The van der Waals surface area contributed by atoms with Gasteiger partial charge in [0.2, 0.25) is 11.1 Å². The van der Waals surface area contributed by atoms with Crippen molar-refractivity contribution in [1.29, 1.82) is 0 Å². The average Bonchev–Trinajstić information content (AvgIpc) is 2.68. The van der Waals surface area contributed by atoms with Gasteiger partial charge in [-0.05, 0) is 12.2 Å². The summed E-state index contributed by atoms with van der Waals surface area (Å²) in [6, 6.07) is 0. The lowest BCUT2D eigenvalue weighted by molar-refractivity contribution is -0.0790. The Morgan fingerprint density at radius 3 is 2.74 bits per heavy atom. The third-order valence-corrected chi connectivity index (χ3v) is 3.45. The van der Waals surface area contributed by atoms with Crippen LogP contribution in [0.5, 0.6) is 0 Å². The quantitative estimate of drug-likeness (QED) is 0.202. The second kappa shape index (κ2) is 5.53. The lowest BCUT2D eigenvalue weighted by atomic mass is 10.1. The van der Waals surface area contributed by atoms with Crippen LogP contribution in [0.2, 0.25) is 0 Å². The highest BCUT2D eigenvalue weighted by Gasteiger charge is 2.46. The molecule has 0 aromatic carbocycles. The number of hydrogen-bond acceptors (Lipinski definition) is 8. The van der Waals surface area contributed by atoms with E-state index in [0.29, 0.717) is 5.96 Å². The number of rotatable bonds is 2. The van der Waals surface area contributed by atoms with Crippen LogP contribution in [0.15, 0.2) is 4.99 Å². The molecule has 6 N–H and O–H groups in total. The molecule has 0 aliphatic carbocycles. The first-order valence-corrected chi connectivity index (χ1v) is 6.10. The van der Waals surface area contributed by atoms with Crippen LogP contribution in [0.3, 0.4) is 0 Å². The van der Waals surface area contributed by atoms with Crippen molar-refractivity contribution in [3.8, 4) is 0 Å². The molecule has 0 radical (unpaired) electrons. The minimum absolute atomic E-state index is 0.181. The molecule has 2 heterocycles. The van der Waals surface area contributed by atoms with E-state index in [4.69, 9.17) is 27.9 Å². The summed E-state index contributed by atoms with van der Waals surface area (Å²) in [5, 5.41) is 28.9. The first-order chi connectivity index (χ1) is 8.99. The molecule has 19 heavy (non-hydrogen) atoms. The highest BCUT2D eigenvalue weighted by Crippen LogP contribution is 2.25. The minimum atomic E-state index is -1.17. The molecule has 0 aromatic heterocycles. The van der Waals surface area contributed by atoms with Gasteiger partial charge in [-0.2, -0.15) is 4.99 Å². The molecule has 0 bridgehead atoms. The SMILES string of the molecule is CN1CN([C@@H]2O[C@H](CO)C(O)C2O)C(=S)N=C1NN. The Kier molecular flexibility index (Phi) is 4.18. The number of aliphatic imine (C=N–C) groups is 1. The molecular formula is C9H17N5O4S. The van der Waals surface area contributed by atoms with Gasteiger partial charge in [-0.15, -0.1) is 0 Å². The van der Waals surface area contributed by atoms with Gasteiger partial charge in [0.05, 0.1) is 13.3 Å². The fourth-order valence-electron chi connectivity index (χ4n) is 2.07. The zero-order chi connectivity index (χ0) is 14.2. The Labute approximate surface area is 115 Å². The fourth-order valence-corrected chi connectivity index (χ4v) is 2.31. The monoisotopic (exact) mass is 291 g/mol. The van der Waals surface area contributed by atoms with E-state index in [1.807, 2.05) is 0 Å². The zero-order valence-corrected chi connectivity index (χ0v) is 11.1. The lowest BCUT2D eigenvalue weighted by Gasteiger charge is -2.38. The number of hydrazine groups is 1. The van der Waals surface area contributed by atoms with Crippen molar-refractivity contribution < 1.29 is 20.1 Å². The van der Waals surface area contributed by atoms with E-state index in [2.05, 4.69) is 10.4 Å². The number of aliphatic hydroxyl groups excluding tert-OH is 3. The number of guanidine groups is 1. The molecule has 2 rings (SSSR count). The molecule has 2 aliphatic rings. The number of hydrogen-bond donors (Lipinski definition) is 5. The van der Waals surface area contributed by atoms with E-state index in [1.54, 1.807) is 11.9 Å². The third kappa shape index (κ3) is 2.50. The Morgan fingerprint density at radius 1 is 1.53 bits per heavy atom. The van der Waals surface area contributed by atoms with Gasteiger partial charge in [0.1, 0.15) is 18.3 Å². The van der Waals surface area contributed by atoms with Gasteiger partial charge < -0.3 is 29.9 Å². The maximum Gasteiger partial charge on any atom is 0.216 e. The van der Waals surface area contributed by atoms with Crippen molar-refractivity contribution in [2.75, 3.05) is 20.3 Å². The highest BCUT2D eigenvalue weighted by atomic mass is 32.1. The molecular weight excluding hydrogens is 274 g/mol. The van der Waals surface area contributed by atoms with Gasteiger partial charge in [-0.3, -0.25) is 5.43 Å². The van der Waals surface area contributed by atoms with Gasteiger partial charge in [0.15, 0.2) is 6.23 Å². The van der Waals surface area contributed by atoms with Crippen LogP contribution < -0.4 is 11.3 Å². The number of thiocarbonyl (C=S) groups is 1. The second-order valence-corrected chi connectivity index (χ2v) is 4.77. The predicted octanol–water partition coefficient (Wildman–Crippen LogP) is -3.27. The molecule has 0 saturated carbocycles. The number of nitrogens with two attached hydrogens (primary N) is 1. The summed E-state index contributed by atoms with van der Waals surface area (Å²) in [6.07, 6.45) is -4.04. The van der Waals surface area contributed by atoms with Gasteiger partial charge in [-0.1, -0.05) is 0 Å². The molecule has 2 unspecified atom stereocenters. The van der Waals surface area contributed by atoms with Crippen LogP contribution in [-0.4, -0.2) is 81.1 Å². The number of nitrogens with zero attached hydrogens (tertiary/aromatic N) is 3. The second-order valence-electron chi connectivity index (χ2n) is 4.40. The van der Waals surface area contributed by atoms with Crippen LogP contribution in [0.4, 0.5) is 0 Å². The molecule has 2 aliphatic heterocycles. The van der Waals surface area contributed by atoms with Crippen molar-refractivity contribution in [3.05, 3.63) is 0 Å². The van der Waals surface area contributed by atoms with Crippen molar-refractivity contribution in [1.82, 2.24) is 15.2 Å². The number of nitrogens with one attached hydrogen (secondary N) is 1. The smallest absolute Gasteiger partial charge is 0.216 e. The third-order valence-electron chi connectivity index (χ3n) is 3.13. The first-order valence-electron chi connectivity index (χ1n) is 5.69. The molecule has 0 spiro atoms. The maximum absolute atomic E-state index is 9.94. The van der Waals surface area contributed by atoms with E-state index >= 15 is 0 Å². The van der Waals surface area contributed by atoms with Gasteiger partial charge in [0, 0.05) is 7.05 Å². The van der Waals surface area contributed by atoms with Crippen molar-refractivity contribution >= 4 is 23.3 Å². The summed E-state index contributed by atoms with van der Waals surface area (Å²) in [5.74, 6) is 5.69. The Hall–Kier alpha value is -1.04. The lowest BCUT2D eigenvalue weighted by Crippen LogP contribution is -2.57.